The zero-order valence-electron chi connectivity index (χ0n) is 13.1. The first-order valence-electron chi connectivity index (χ1n) is 7.71. The maximum absolute atomic E-state index is 5.20. The van der Waals surface area contributed by atoms with Crippen LogP contribution in [-0.4, -0.2) is 38.7 Å². The topological polar surface area (TPSA) is 24.5 Å². The van der Waals surface area contributed by atoms with Crippen LogP contribution in [0.3, 0.4) is 0 Å². The van der Waals surface area contributed by atoms with Gasteiger partial charge in [-0.3, -0.25) is 0 Å². The molecule has 112 valence electrons. The molecule has 0 aliphatic heterocycles. The minimum atomic E-state index is 0.626. The Morgan fingerprint density at radius 2 is 1.90 bits per heavy atom. The number of hydrogen-bond donors (Lipinski definition) is 1. The first-order valence-corrected chi connectivity index (χ1v) is 7.71. The van der Waals surface area contributed by atoms with E-state index in [-0.39, 0.29) is 0 Å². The molecule has 0 saturated heterocycles. The van der Waals surface area contributed by atoms with Gasteiger partial charge in [0.15, 0.2) is 0 Å². The molecule has 3 heteroatoms. The number of likely N-dealkylation sites (N-methyl/N-ethyl adjacent to an activating group) is 2. The number of rotatable bonds is 7. The molecule has 1 aromatic carbocycles. The Morgan fingerprint density at radius 1 is 1.25 bits per heavy atom. The SMILES string of the molecule is CNC(CN(C)Cc1ccc(OC)cc1)C1CCCC1. The Bertz CT molecular complexity index is 384. The molecule has 0 bridgehead atoms. The average molecular weight is 276 g/mol. The van der Waals surface area contributed by atoms with Crippen LogP contribution in [0, 0.1) is 5.92 Å². The number of hydrogen-bond acceptors (Lipinski definition) is 3. The summed E-state index contributed by atoms with van der Waals surface area (Å²) in [4.78, 5) is 2.42. The summed E-state index contributed by atoms with van der Waals surface area (Å²) in [5, 5.41) is 3.52. The van der Waals surface area contributed by atoms with Gasteiger partial charge in [-0.25, -0.2) is 0 Å². The summed E-state index contributed by atoms with van der Waals surface area (Å²) >= 11 is 0. The zero-order chi connectivity index (χ0) is 14.4. The highest BCUT2D eigenvalue weighted by atomic mass is 16.5. The van der Waals surface area contributed by atoms with Gasteiger partial charge < -0.3 is 15.0 Å². The minimum absolute atomic E-state index is 0.626. The minimum Gasteiger partial charge on any atom is -0.497 e. The van der Waals surface area contributed by atoms with E-state index >= 15 is 0 Å². The highest BCUT2D eigenvalue weighted by Gasteiger charge is 2.24. The Balaban J connectivity index is 1.84. The molecule has 3 nitrogen and oxygen atoms in total. The fourth-order valence-electron chi connectivity index (χ4n) is 3.28. The lowest BCUT2D eigenvalue weighted by Gasteiger charge is -2.28. The first kappa shape index (κ1) is 15.3. The highest BCUT2D eigenvalue weighted by molar-refractivity contribution is 5.27. The van der Waals surface area contributed by atoms with Gasteiger partial charge in [0.05, 0.1) is 7.11 Å². The van der Waals surface area contributed by atoms with Gasteiger partial charge in [0.1, 0.15) is 5.75 Å². The van der Waals surface area contributed by atoms with Gasteiger partial charge in [0.25, 0.3) is 0 Å². The summed E-state index contributed by atoms with van der Waals surface area (Å²) in [6, 6.07) is 9.00. The van der Waals surface area contributed by atoms with Crippen LogP contribution in [0.15, 0.2) is 24.3 Å². The van der Waals surface area contributed by atoms with Crippen molar-refractivity contribution in [1.82, 2.24) is 10.2 Å². The van der Waals surface area contributed by atoms with Crippen molar-refractivity contribution in [3.05, 3.63) is 29.8 Å². The van der Waals surface area contributed by atoms with Crippen LogP contribution in [0.4, 0.5) is 0 Å². The molecule has 1 aliphatic rings. The summed E-state index contributed by atoms with van der Waals surface area (Å²) < 4.78 is 5.20. The van der Waals surface area contributed by atoms with Gasteiger partial charge >= 0.3 is 0 Å². The molecule has 0 amide bonds. The molecule has 1 unspecified atom stereocenters. The van der Waals surface area contributed by atoms with Gasteiger partial charge in [-0.05, 0) is 50.6 Å². The molecule has 1 atom stereocenters. The summed E-state index contributed by atoms with van der Waals surface area (Å²) in [5.74, 6) is 1.79. The molecule has 20 heavy (non-hydrogen) atoms. The molecule has 1 aliphatic carbocycles. The molecular weight excluding hydrogens is 248 g/mol. The van der Waals surface area contributed by atoms with Crippen molar-refractivity contribution in [1.29, 1.82) is 0 Å². The lowest BCUT2D eigenvalue weighted by molar-refractivity contribution is 0.243. The predicted molar refractivity (Wildman–Crippen MR) is 84.1 cm³/mol. The van der Waals surface area contributed by atoms with E-state index in [1.165, 1.54) is 31.2 Å². The molecule has 2 rings (SSSR count). The van der Waals surface area contributed by atoms with Crippen LogP contribution in [0.5, 0.6) is 5.75 Å². The van der Waals surface area contributed by atoms with Gasteiger partial charge in [0.2, 0.25) is 0 Å². The van der Waals surface area contributed by atoms with E-state index in [1.54, 1.807) is 7.11 Å². The predicted octanol–water partition coefficient (Wildman–Crippen LogP) is 2.91. The summed E-state index contributed by atoms with van der Waals surface area (Å²) in [7, 11) is 6.02. The van der Waals surface area contributed by atoms with E-state index in [0.717, 1.165) is 24.8 Å². The largest absolute Gasteiger partial charge is 0.497 e. The Kier molecular flexibility index (Phi) is 5.86. The van der Waals surface area contributed by atoms with E-state index in [1.807, 2.05) is 12.1 Å². The van der Waals surface area contributed by atoms with Crippen molar-refractivity contribution in [2.24, 2.45) is 5.92 Å². The molecule has 0 aromatic heterocycles. The third-order valence-corrected chi connectivity index (χ3v) is 4.46. The Labute approximate surface area is 123 Å². The molecule has 1 saturated carbocycles. The van der Waals surface area contributed by atoms with E-state index in [9.17, 15) is 0 Å². The van der Waals surface area contributed by atoms with Crippen molar-refractivity contribution in [3.8, 4) is 5.75 Å². The summed E-state index contributed by atoms with van der Waals surface area (Å²) in [5.41, 5.74) is 1.34. The fraction of sp³-hybridized carbons (Fsp3) is 0.647. The molecule has 0 heterocycles. The summed E-state index contributed by atoms with van der Waals surface area (Å²) in [6.45, 7) is 2.11. The lowest BCUT2D eigenvalue weighted by Crippen LogP contribution is -2.41. The normalized spacial score (nSPS) is 17.6. The third-order valence-electron chi connectivity index (χ3n) is 4.46. The van der Waals surface area contributed by atoms with E-state index in [0.29, 0.717) is 6.04 Å². The van der Waals surface area contributed by atoms with Gasteiger partial charge in [0, 0.05) is 19.1 Å². The standard InChI is InChI=1S/C17H28N2O/c1-18-17(15-6-4-5-7-15)13-19(2)12-14-8-10-16(20-3)11-9-14/h8-11,15,17-18H,4-7,12-13H2,1-3H3. The molecule has 1 N–H and O–H groups in total. The maximum atomic E-state index is 5.20. The molecule has 1 fully saturated rings. The van der Waals surface area contributed by atoms with E-state index < -0.39 is 0 Å². The van der Waals surface area contributed by atoms with Crippen LogP contribution in [0.2, 0.25) is 0 Å². The van der Waals surface area contributed by atoms with Crippen LogP contribution in [0.25, 0.3) is 0 Å². The van der Waals surface area contributed by atoms with E-state index in [4.69, 9.17) is 4.74 Å². The number of nitrogens with one attached hydrogen (secondary N) is 1. The molecule has 0 spiro atoms. The maximum Gasteiger partial charge on any atom is 0.118 e. The van der Waals surface area contributed by atoms with Crippen LogP contribution >= 0.6 is 0 Å². The van der Waals surface area contributed by atoms with Gasteiger partial charge in [-0.2, -0.15) is 0 Å². The second-order valence-corrected chi connectivity index (χ2v) is 5.98. The number of benzene rings is 1. The van der Waals surface area contributed by atoms with Crippen molar-refractivity contribution < 1.29 is 4.74 Å². The second-order valence-electron chi connectivity index (χ2n) is 5.98. The molecule has 1 aromatic rings. The Hall–Kier alpha value is -1.06. The first-order chi connectivity index (χ1) is 9.72. The monoisotopic (exact) mass is 276 g/mol. The second kappa shape index (κ2) is 7.65. The smallest absolute Gasteiger partial charge is 0.118 e. The fourth-order valence-corrected chi connectivity index (χ4v) is 3.28. The molecular formula is C17H28N2O. The molecule has 0 radical (unpaired) electrons. The average Bonchev–Trinajstić information content (AvgIpc) is 2.99. The Morgan fingerprint density at radius 3 is 2.45 bits per heavy atom. The van der Waals surface area contributed by atoms with Crippen molar-refractivity contribution in [2.75, 3.05) is 27.7 Å². The number of nitrogens with zero attached hydrogens (tertiary/aromatic N) is 1. The van der Waals surface area contributed by atoms with Crippen LogP contribution in [0.1, 0.15) is 31.2 Å². The van der Waals surface area contributed by atoms with Crippen LogP contribution < -0.4 is 10.1 Å². The van der Waals surface area contributed by atoms with Gasteiger partial charge in [-0.1, -0.05) is 25.0 Å². The third kappa shape index (κ3) is 4.22. The number of ether oxygens (including phenoxy) is 1. The number of methoxy groups -OCH3 is 1. The van der Waals surface area contributed by atoms with E-state index in [2.05, 4.69) is 36.4 Å². The van der Waals surface area contributed by atoms with Crippen molar-refractivity contribution in [3.63, 3.8) is 0 Å². The summed E-state index contributed by atoms with van der Waals surface area (Å²) in [6.07, 6.45) is 5.60. The quantitative estimate of drug-likeness (QED) is 0.829. The van der Waals surface area contributed by atoms with Crippen molar-refractivity contribution >= 4 is 0 Å². The lowest BCUT2D eigenvalue weighted by atomic mass is 9.97. The van der Waals surface area contributed by atoms with Crippen molar-refractivity contribution in [2.45, 2.75) is 38.3 Å². The van der Waals surface area contributed by atoms with Gasteiger partial charge in [-0.15, -0.1) is 0 Å². The zero-order valence-corrected chi connectivity index (χ0v) is 13.1. The van der Waals surface area contributed by atoms with Crippen LogP contribution in [-0.2, 0) is 6.54 Å². The highest BCUT2D eigenvalue weighted by Crippen LogP contribution is 2.28.